The summed E-state index contributed by atoms with van der Waals surface area (Å²) in [6.45, 7) is 1.52. The smallest absolute Gasteiger partial charge is 0.375 e. The highest BCUT2D eigenvalue weighted by Gasteiger charge is 2.41. The third kappa shape index (κ3) is 3.89. The number of rotatable bonds is 5. The van der Waals surface area contributed by atoms with Gasteiger partial charge in [-0.25, -0.2) is 18.7 Å². The van der Waals surface area contributed by atoms with Crippen molar-refractivity contribution in [1.29, 1.82) is 0 Å². The molecule has 0 saturated carbocycles. The fourth-order valence-corrected chi connectivity index (χ4v) is 4.87. The van der Waals surface area contributed by atoms with Crippen LogP contribution in [0.1, 0.15) is 50.1 Å². The van der Waals surface area contributed by atoms with Crippen molar-refractivity contribution in [3.8, 4) is 0 Å². The highest BCUT2D eigenvalue weighted by atomic mass is 35.5. The van der Waals surface area contributed by atoms with E-state index >= 15 is 0 Å². The van der Waals surface area contributed by atoms with Gasteiger partial charge in [-0.1, -0.05) is 29.8 Å². The van der Waals surface area contributed by atoms with Crippen LogP contribution in [0, 0.1) is 5.82 Å². The third-order valence-corrected chi connectivity index (χ3v) is 6.58. The molecule has 2 N–H and O–H groups in total. The second-order valence-electron chi connectivity index (χ2n) is 7.58. The minimum absolute atomic E-state index is 0.0347. The first-order valence-corrected chi connectivity index (χ1v) is 11.7. The quantitative estimate of drug-likeness (QED) is 0.299. The Labute approximate surface area is 211 Å². The van der Waals surface area contributed by atoms with E-state index in [1.54, 1.807) is 31.2 Å². The van der Waals surface area contributed by atoms with Crippen molar-refractivity contribution in [2.45, 2.75) is 13.0 Å². The standard InChI is InChI=1S/C23H15ClFN5O5S/c1-2-35-23(34)19-27-18(28-20(31)16-11-5-3-4-6-14(11)36-29-16)17-15(26-21(32)22(33)30(17)19)12-9-10(25)7-8-13(12)24/h3-9,15H,2H2,1H3,(H,26,32)(H,28,31)/t15-/m0/s1. The molecule has 2 amide bonds. The Morgan fingerprint density at radius 2 is 2.03 bits per heavy atom. The van der Waals surface area contributed by atoms with Crippen LogP contribution in [0.25, 0.3) is 10.1 Å². The van der Waals surface area contributed by atoms with Gasteiger partial charge in [0, 0.05) is 16.0 Å². The molecule has 1 aliphatic heterocycles. The summed E-state index contributed by atoms with van der Waals surface area (Å²) in [4.78, 5) is 55.4. The van der Waals surface area contributed by atoms with Crippen molar-refractivity contribution in [3.05, 3.63) is 76.1 Å². The van der Waals surface area contributed by atoms with Crippen LogP contribution in [-0.4, -0.2) is 44.2 Å². The summed E-state index contributed by atoms with van der Waals surface area (Å²) in [5, 5.41) is 5.69. The molecule has 0 bridgehead atoms. The van der Waals surface area contributed by atoms with Crippen LogP contribution in [-0.2, 0) is 9.53 Å². The molecule has 13 heteroatoms. The lowest BCUT2D eigenvalue weighted by Gasteiger charge is -2.26. The number of carbonyl (C=O) groups excluding carboxylic acids is 4. The monoisotopic (exact) mass is 527 g/mol. The Morgan fingerprint density at radius 1 is 1.25 bits per heavy atom. The molecule has 0 spiro atoms. The molecule has 182 valence electrons. The second-order valence-corrected chi connectivity index (χ2v) is 8.80. The number of nitrogens with zero attached hydrogens (tertiary/aromatic N) is 3. The van der Waals surface area contributed by atoms with Gasteiger partial charge < -0.3 is 15.4 Å². The number of halogens is 2. The Kier molecular flexibility index (Phi) is 5.98. The molecule has 10 nitrogen and oxygen atoms in total. The number of imidazole rings is 1. The van der Waals surface area contributed by atoms with Gasteiger partial charge in [-0.2, -0.15) is 4.37 Å². The first-order chi connectivity index (χ1) is 17.3. The van der Waals surface area contributed by atoms with Crippen LogP contribution in [0.15, 0.2) is 42.5 Å². The summed E-state index contributed by atoms with van der Waals surface area (Å²) in [6.07, 6.45) is 0. The van der Waals surface area contributed by atoms with Crippen molar-refractivity contribution in [3.63, 3.8) is 0 Å². The SMILES string of the molecule is CCOC(=O)c1nc(NC(=O)c2nsc3ccccc23)c2n1C(=O)C(=O)N[C@H]2c1cc(F)ccc1Cl. The van der Waals surface area contributed by atoms with Crippen molar-refractivity contribution in [1.82, 2.24) is 19.2 Å². The molecule has 4 aromatic rings. The number of benzene rings is 2. The van der Waals surface area contributed by atoms with E-state index in [0.717, 1.165) is 32.9 Å². The minimum Gasteiger partial charge on any atom is -0.460 e. The van der Waals surface area contributed by atoms with E-state index in [4.69, 9.17) is 16.3 Å². The van der Waals surface area contributed by atoms with Gasteiger partial charge in [0.05, 0.1) is 17.0 Å². The lowest BCUT2D eigenvalue weighted by Crippen LogP contribution is -2.45. The molecule has 1 atom stereocenters. The van der Waals surface area contributed by atoms with E-state index in [1.807, 2.05) is 0 Å². The van der Waals surface area contributed by atoms with Crippen LogP contribution in [0.2, 0.25) is 5.02 Å². The molecule has 0 unspecified atom stereocenters. The number of anilines is 1. The predicted octanol–water partition coefficient (Wildman–Crippen LogP) is 3.57. The maximum Gasteiger partial charge on any atom is 0.375 e. The number of hydrogen-bond acceptors (Lipinski definition) is 8. The normalized spacial score (nSPS) is 14.9. The van der Waals surface area contributed by atoms with Gasteiger partial charge in [-0.15, -0.1) is 0 Å². The number of fused-ring (bicyclic) bond motifs is 2. The van der Waals surface area contributed by atoms with E-state index in [-0.39, 0.29) is 34.4 Å². The van der Waals surface area contributed by atoms with Crippen molar-refractivity contribution in [2.75, 3.05) is 11.9 Å². The average molecular weight is 528 g/mol. The molecule has 0 radical (unpaired) electrons. The van der Waals surface area contributed by atoms with E-state index in [2.05, 4.69) is 20.0 Å². The van der Waals surface area contributed by atoms with Gasteiger partial charge in [0.1, 0.15) is 17.6 Å². The molecular formula is C23H15ClFN5O5S. The molecule has 2 aromatic heterocycles. The summed E-state index contributed by atoms with van der Waals surface area (Å²) in [6, 6.07) is 9.33. The maximum atomic E-state index is 14.1. The summed E-state index contributed by atoms with van der Waals surface area (Å²) in [7, 11) is 0. The molecule has 36 heavy (non-hydrogen) atoms. The van der Waals surface area contributed by atoms with E-state index in [1.165, 1.54) is 6.07 Å². The average Bonchev–Trinajstić information content (AvgIpc) is 3.45. The molecule has 0 fully saturated rings. The first-order valence-electron chi connectivity index (χ1n) is 10.6. The summed E-state index contributed by atoms with van der Waals surface area (Å²) >= 11 is 7.40. The Morgan fingerprint density at radius 3 is 2.81 bits per heavy atom. The topological polar surface area (TPSA) is 132 Å². The number of amides is 2. The van der Waals surface area contributed by atoms with Crippen molar-refractivity contribution in [2.24, 2.45) is 0 Å². The number of ether oxygens (including phenoxy) is 1. The van der Waals surface area contributed by atoms with E-state index < -0.39 is 41.4 Å². The molecule has 5 rings (SSSR count). The zero-order valence-corrected chi connectivity index (χ0v) is 19.9. The zero-order valence-electron chi connectivity index (χ0n) is 18.4. The molecule has 2 aromatic carbocycles. The molecule has 0 saturated heterocycles. The number of carbonyl (C=O) groups is 4. The van der Waals surface area contributed by atoms with E-state index in [9.17, 15) is 23.6 Å². The van der Waals surface area contributed by atoms with Crippen LogP contribution in [0.5, 0.6) is 0 Å². The van der Waals surface area contributed by atoms with Gasteiger partial charge in [-0.3, -0.25) is 14.4 Å². The molecule has 3 heterocycles. The number of esters is 1. The van der Waals surface area contributed by atoms with Crippen LogP contribution in [0.3, 0.4) is 0 Å². The first kappa shape index (κ1) is 23.6. The maximum absolute atomic E-state index is 14.1. The van der Waals surface area contributed by atoms with Crippen molar-refractivity contribution >= 4 is 62.7 Å². The predicted molar refractivity (Wildman–Crippen MR) is 128 cm³/mol. The van der Waals surface area contributed by atoms with Gasteiger partial charge in [0.2, 0.25) is 5.82 Å². The molecular weight excluding hydrogens is 513 g/mol. The lowest BCUT2D eigenvalue weighted by atomic mass is 10.0. The van der Waals surface area contributed by atoms with Crippen molar-refractivity contribution < 1.29 is 28.3 Å². The Hall–Kier alpha value is -4.16. The summed E-state index contributed by atoms with van der Waals surface area (Å²) in [5.41, 5.74) is 0.0910. The fraction of sp³-hybridized carbons (Fsp3) is 0.130. The second kappa shape index (κ2) is 9.13. The zero-order chi connectivity index (χ0) is 25.6. The summed E-state index contributed by atoms with van der Waals surface area (Å²) in [5.74, 6) is -5.29. The number of hydrogen-bond donors (Lipinski definition) is 2. The van der Waals surface area contributed by atoms with Crippen LogP contribution in [0.4, 0.5) is 10.2 Å². The van der Waals surface area contributed by atoms with Crippen LogP contribution >= 0.6 is 23.1 Å². The third-order valence-electron chi connectivity index (χ3n) is 5.41. The van der Waals surface area contributed by atoms with Gasteiger partial charge >= 0.3 is 17.8 Å². The fourth-order valence-electron chi connectivity index (χ4n) is 3.87. The molecule has 1 aliphatic rings. The number of aromatic nitrogens is 3. The largest absolute Gasteiger partial charge is 0.460 e. The highest BCUT2D eigenvalue weighted by Crippen LogP contribution is 2.36. The Balaban J connectivity index is 1.68. The Bertz CT molecular complexity index is 1580. The lowest BCUT2D eigenvalue weighted by molar-refractivity contribution is -0.118. The highest BCUT2D eigenvalue weighted by molar-refractivity contribution is 7.13. The molecule has 0 aliphatic carbocycles. The number of nitrogens with one attached hydrogen (secondary N) is 2. The summed E-state index contributed by atoms with van der Waals surface area (Å²) < 4.78 is 24.8. The van der Waals surface area contributed by atoms with Crippen LogP contribution < -0.4 is 10.6 Å². The van der Waals surface area contributed by atoms with Gasteiger partial charge in [0.25, 0.3) is 5.91 Å². The minimum atomic E-state index is -1.23. The van der Waals surface area contributed by atoms with Gasteiger partial charge in [0.15, 0.2) is 5.82 Å². The van der Waals surface area contributed by atoms with E-state index in [0.29, 0.717) is 5.39 Å². The van der Waals surface area contributed by atoms with Gasteiger partial charge in [-0.05, 0) is 42.7 Å².